The maximum Gasteiger partial charge on any atom is 0.251 e. The second-order valence-electron chi connectivity index (χ2n) is 6.49. The second-order valence-corrected chi connectivity index (χ2v) is 6.49. The fourth-order valence-corrected chi connectivity index (χ4v) is 2.98. The zero-order chi connectivity index (χ0) is 20.1. The molecule has 0 spiro atoms. The summed E-state index contributed by atoms with van der Waals surface area (Å²) in [5.74, 6) is -0.893. The largest absolute Gasteiger partial charge is 0.388 e. The lowest BCUT2D eigenvalue weighted by molar-refractivity contribution is -0.243. The topological polar surface area (TPSA) is 128 Å². The van der Waals surface area contributed by atoms with Crippen molar-refractivity contribution in [2.24, 2.45) is 0 Å². The Hall–Kier alpha value is -2.78. The highest BCUT2D eigenvalue weighted by molar-refractivity contribution is 5.94. The molecule has 0 aromatic heterocycles. The Morgan fingerprint density at radius 3 is 1.93 bits per heavy atom. The van der Waals surface area contributed by atoms with E-state index in [2.05, 4.69) is 10.6 Å². The van der Waals surface area contributed by atoms with Gasteiger partial charge in [0.15, 0.2) is 6.29 Å². The first-order valence-electron chi connectivity index (χ1n) is 8.86. The van der Waals surface area contributed by atoms with E-state index in [1.165, 1.54) is 0 Å². The number of aliphatic hydroxyl groups excluding tert-OH is 3. The van der Waals surface area contributed by atoms with Crippen LogP contribution in [0.5, 0.6) is 0 Å². The van der Waals surface area contributed by atoms with Gasteiger partial charge in [-0.2, -0.15) is 0 Å². The molecule has 28 heavy (non-hydrogen) atoms. The molecule has 3 rings (SSSR count). The number of carbonyl (C=O) groups excluding carboxylic acids is 2. The van der Waals surface area contributed by atoms with E-state index in [1.54, 1.807) is 60.7 Å². The van der Waals surface area contributed by atoms with Crippen molar-refractivity contribution in [1.29, 1.82) is 0 Å². The summed E-state index contributed by atoms with van der Waals surface area (Å²) in [5.41, 5.74) is 0.774. The highest BCUT2D eigenvalue weighted by atomic mass is 16.6. The molecule has 1 saturated heterocycles. The number of benzene rings is 2. The fourth-order valence-electron chi connectivity index (χ4n) is 2.98. The Bertz CT molecular complexity index is 799. The Morgan fingerprint density at radius 2 is 1.36 bits per heavy atom. The second kappa shape index (κ2) is 8.94. The average Bonchev–Trinajstić information content (AvgIpc) is 2.73. The van der Waals surface area contributed by atoms with Crippen LogP contribution >= 0.6 is 0 Å². The van der Waals surface area contributed by atoms with Crippen LogP contribution in [0, 0.1) is 0 Å². The van der Waals surface area contributed by atoms with E-state index in [9.17, 15) is 24.9 Å². The molecule has 0 aliphatic carbocycles. The summed E-state index contributed by atoms with van der Waals surface area (Å²) in [4.78, 5) is 24.3. The highest BCUT2D eigenvalue weighted by Crippen LogP contribution is 2.20. The first-order chi connectivity index (χ1) is 13.5. The SMILES string of the molecule is O=C(NC[C@H]1O[C@H](O)[C@H](NC(=O)c2ccccc2)[C@H](O)[C@@H]1O)c1ccccc1. The molecule has 8 nitrogen and oxygen atoms in total. The molecule has 1 aliphatic heterocycles. The Balaban J connectivity index is 1.58. The van der Waals surface area contributed by atoms with Crippen LogP contribution < -0.4 is 10.6 Å². The van der Waals surface area contributed by atoms with Gasteiger partial charge in [0.1, 0.15) is 24.4 Å². The van der Waals surface area contributed by atoms with E-state index >= 15 is 0 Å². The van der Waals surface area contributed by atoms with Crippen LogP contribution in [0.15, 0.2) is 60.7 Å². The molecule has 0 bridgehead atoms. The van der Waals surface area contributed by atoms with E-state index in [0.717, 1.165) is 0 Å². The van der Waals surface area contributed by atoms with Crippen molar-refractivity contribution in [3.05, 3.63) is 71.8 Å². The van der Waals surface area contributed by atoms with Gasteiger partial charge in [-0.3, -0.25) is 9.59 Å². The third kappa shape index (κ3) is 4.55. The predicted molar refractivity (Wildman–Crippen MR) is 99.4 cm³/mol. The van der Waals surface area contributed by atoms with E-state index in [4.69, 9.17) is 4.74 Å². The third-order valence-electron chi connectivity index (χ3n) is 4.55. The lowest BCUT2D eigenvalue weighted by Crippen LogP contribution is -2.65. The molecule has 1 fully saturated rings. The lowest BCUT2D eigenvalue weighted by atomic mass is 9.96. The van der Waals surface area contributed by atoms with Crippen molar-refractivity contribution in [2.45, 2.75) is 30.6 Å². The van der Waals surface area contributed by atoms with Crippen molar-refractivity contribution < 1.29 is 29.6 Å². The van der Waals surface area contributed by atoms with Crippen LogP contribution in [-0.4, -0.2) is 64.3 Å². The predicted octanol–water partition coefficient (Wildman–Crippen LogP) is -0.346. The summed E-state index contributed by atoms with van der Waals surface area (Å²) in [6.45, 7) is -0.123. The van der Waals surface area contributed by atoms with Gasteiger partial charge in [-0.25, -0.2) is 0 Å². The molecule has 1 aliphatic rings. The highest BCUT2D eigenvalue weighted by Gasteiger charge is 2.44. The monoisotopic (exact) mass is 386 g/mol. The number of ether oxygens (including phenoxy) is 1. The van der Waals surface area contributed by atoms with Gasteiger partial charge in [0.2, 0.25) is 0 Å². The third-order valence-corrected chi connectivity index (χ3v) is 4.55. The summed E-state index contributed by atoms with van der Waals surface area (Å²) in [6, 6.07) is 15.5. The Morgan fingerprint density at radius 1 is 0.821 bits per heavy atom. The Labute approximate surface area is 161 Å². The molecule has 5 atom stereocenters. The number of nitrogens with one attached hydrogen (secondary N) is 2. The van der Waals surface area contributed by atoms with Crippen molar-refractivity contribution in [3.63, 3.8) is 0 Å². The van der Waals surface area contributed by atoms with Crippen molar-refractivity contribution >= 4 is 11.8 Å². The molecule has 0 radical (unpaired) electrons. The normalized spacial score (nSPS) is 27.0. The van der Waals surface area contributed by atoms with Crippen molar-refractivity contribution in [2.75, 3.05) is 6.54 Å². The maximum atomic E-state index is 12.2. The minimum absolute atomic E-state index is 0.123. The smallest absolute Gasteiger partial charge is 0.251 e. The van der Waals surface area contributed by atoms with Gasteiger partial charge in [-0.05, 0) is 24.3 Å². The number of aliphatic hydroxyl groups is 3. The first-order valence-corrected chi connectivity index (χ1v) is 8.86. The molecule has 0 saturated carbocycles. The van der Waals surface area contributed by atoms with Crippen LogP contribution in [0.2, 0.25) is 0 Å². The molecule has 0 unspecified atom stereocenters. The van der Waals surface area contributed by atoms with Gasteiger partial charge in [-0.15, -0.1) is 0 Å². The molecule has 2 aromatic rings. The average molecular weight is 386 g/mol. The van der Waals surface area contributed by atoms with Crippen LogP contribution in [0.3, 0.4) is 0 Å². The van der Waals surface area contributed by atoms with Gasteiger partial charge in [0.25, 0.3) is 11.8 Å². The summed E-state index contributed by atoms with van der Waals surface area (Å²) < 4.78 is 5.32. The van der Waals surface area contributed by atoms with Crippen LogP contribution in [0.25, 0.3) is 0 Å². The Kier molecular flexibility index (Phi) is 6.37. The zero-order valence-electron chi connectivity index (χ0n) is 14.9. The van der Waals surface area contributed by atoms with Gasteiger partial charge < -0.3 is 30.7 Å². The maximum absolute atomic E-state index is 12.2. The quantitative estimate of drug-likeness (QED) is 0.478. The van der Waals surface area contributed by atoms with Gasteiger partial charge in [0, 0.05) is 17.7 Å². The number of rotatable bonds is 5. The summed E-state index contributed by atoms with van der Waals surface area (Å²) >= 11 is 0. The van der Waals surface area contributed by atoms with Gasteiger partial charge in [-0.1, -0.05) is 36.4 Å². The van der Waals surface area contributed by atoms with Crippen molar-refractivity contribution in [1.82, 2.24) is 10.6 Å². The molecule has 8 heteroatoms. The first kappa shape index (κ1) is 20.0. The number of amides is 2. The number of hydrogen-bond acceptors (Lipinski definition) is 6. The van der Waals surface area contributed by atoms with Crippen LogP contribution in [0.4, 0.5) is 0 Å². The minimum atomic E-state index is -1.55. The van der Waals surface area contributed by atoms with E-state index in [-0.39, 0.29) is 12.5 Å². The molecule has 1 heterocycles. The van der Waals surface area contributed by atoms with Gasteiger partial charge >= 0.3 is 0 Å². The molecule has 2 aromatic carbocycles. The lowest BCUT2D eigenvalue weighted by Gasteiger charge is -2.41. The summed E-state index contributed by atoms with van der Waals surface area (Å²) in [5, 5.41) is 35.9. The molecular formula is C20H22N2O6. The van der Waals surface area contributed by atoms with E-state index in [0.29, 0.717) is 11.1 Å². The van der Waals surface area contributed by atoms with Crippen LogP contribution in [0.1, 0.15) is 20.7 Å². The van der Waals surface area contributed by atoms with Crippen molar-refractivity contribution in [3.8, 4) is 0 Å². The van der Waals surface area contributed by atoms with Crippen LogP contribution in [-0.2, 0) is 4.74 Å². The summed E-state index contributed by atoms with van der Waals surface area (Å²) in [7, 11) is 0. The molecular weight excluding hydrogens is 364 g/mol. The minimum Gasteiger partial charge on any atom is -0.388 e. The standard InChI is InChI=1S/C20H22N2O6/c23-16-14(11-21-18(25)12-7-3-1-4-8-12)28-20(27)15(17(16)24)22-19(26)13-9-5-2-6-10-13/h1-10,14-17,20,23-24,27H,11H2,(H,21,25)(H,22,26)/t14-,15-,16-,17+,20+/m1/s1. The summed E-state index contributed by atoms with van der Waals surface area (Å²) in [6.07, 6.45) is -5.48. The zero-order valence-corrected chi connectivity index (χ0v) is 14.9. The molecule has 5 N–H and O–H groups in total. The van der Waals surface area contributed by atoms with E-state index < -0.39 is 36.6 Å². The number of hydrogen-bond donors (Lipinski definition) is 5. The molecule has 148 valence electrons. The molecule has 2 amide bonds. The van der Waals surface area contributed by atoms with Gasteiger partial charge in [0.05, 0.1) is 0 Å². The number of carbonyl (C=O) groups is 2. The fraction of sp³-hybridized carbons (Fsp3) is 0.300. The van der Waals surface area contributed by atoms with E-state index in [1.807, 2.05) is 0 Å².